The van der Waals surface area contributed by atoms with E-state index in [9.17, 15) is 8.42 Å². The predicted octanol–water partition coefficient (Wildman–Crippen LogP) is 4.36. The van der Waals surface area contributed by atoms with Gasteiger partial charge < -0.3 is 0 Å². The van der Waals surface area contributed by atoms with E-state index in [0.29, 0.717) is 11.2 Å². The summed E-state index contributed by atoms with van der Waals surface area (Å²) in [6, 6.07) is 15.6. The minimum Gasteiger partial charge on any atom is -0.236 e. The molecular formula is C16H13Cl2NO2S. The molecule has 0 fully saturated rings. The van der Waals surface area contributed by atoms with Crippen molar-refractivity contribution in [3.63, 3.8) is 0 Å². The summed E-state index contributed by atoms with van der Waals surface area (Å²) in [6.07, 6.45) is 0. The summed E-state index contributed by atoms with van der Waals surface area (Å²) >= 11 is 12.1. The quantitative estimate of drug-likeness (QED) is 0.653. The van der Waals surface area contributed by atoms with E-state index in [-0.39, 0.29) is 16.7 Å². The third-order valence-corrected chi connectivity index (χ3v) is 5.87. The Labute approximate surface area is 139 Å². The van der Waals surface area contributed by atoms with Gasteiger partial charge in [-0.15, -0.1) is 23.2 Å². The molecule has 6 heteroatoms. The first-order valence-corrected chi connectivity index (χ1v) is 9.16. The highest BCUT2D eigenvalue weighted by Gasteiger charge is 2.25. The van der Waals surface area contributed by atoms with E-state index in [1.807, 2.05) is 12.1 Å². The molecule has 2 aromatic carbocycles. The summed E-state index contributed by atoms with van der Waals surface area (Å²) < 4.78 is 27.3. The van der Waals surface area contributed by atoms with Gasteiger partial charge in [0.2, 0.25) is 0 Å². The fourth-order valence-corrected chi connectivity index (χ4v) is 4.83. The first-order valence-electron chi connectivity index (χ1n) is 6.65. The number of fused-ring (bicyclic) bond motifs is 1. The maximum Gasteiger partial charge on any atom is 0.268 e. The Morgan fingerprint density at radius 3 is 2.14 bits per heavy atom. The minimum atomic E-state index is -3.72. The number of rotatable bonds is 4. The molecule has 0 unspecified atom stereocenters. The van der Waals surface area contributed by atoms with Gasteiger partial charge in [0.15, 0.2) is 0 Å². The van der Waals surface area contributed by atoms with Crippen LogP contribution in [0, 0.1) is 0 Å². The highest BCUT2D eigenvalue weighted by atomic mass is 35.5. The fraction of sp³-hybridized carbons (Fsp3) is 0.125. The van der Waals surface area contributed by atoms with Crippen LogP contribution >= 0.6 is 23.2 Å². The average Bonchev–Trinajstić information content (AvgIpc) is 2.89. The van der Waals surface area contributed by atoms with Crippen LogP contribution in [0.3, 0.4) is 0 Å². The lowest BCUT2D eigenvalue weighted by atomic mass is 10.1. The van der Waals surface area contributed by atoms with Gasteiger partial charge in [-0.1, -0.05) is 36.4 Å². The molecule has 0 bridgehead atoms. The van der Waals surface area contributed by atoms with Crippen molar-refractivity contribution in [3.8, 4) is 0 Å². The lowest BCUT2D eigenvalue weighted by Crippen LogP contribution is -2.15. The van der Waals surface area contributed by atoms with E-state index in [0.717, 1.165) is 10.9 Å². The zero-order valence-corrected chi connectivity index (χ0v) is 13.9. The second kappa shape index (κ2) is 5.95. The van der Waals surface area contributed by atoms with Crippen LogP contribution < -0.4 is 0 Å². The highest BCUT2D eigenvalue weighted by Crippen LogP contribution is 2.32. The number of alkyl halides is 2. The molecule has 0 amide bonds. The van der Waals surface area contributed by atoms with E-state index in [2.05, 4.69) is 0 Å². The number of halogens is 2. The largest absolute Gasteiger partial charge is 0.268 e. The monoisotopic (exact) mass is 353 g/mol. The molecule has 0 radical (unpaired) electrons. The molecular weight excluding hydrogens is 341 g/mol. The minimum absolute atomic E-state index is 0.0722. The van der Waals surface area contributed by atoms with Gasteiger partial charge in [0.1, 0.15) is 0 Å². The van der Waals surface area contributed by atoms with Gasteiger partial charge in [-0.3, -0.25) is 0 Å². The summed E-state index contributed by atoms with van der Waals surface area (Å²) in [4.78, 5) is 0.225. The van der Waals surface area contributed by atoms with Crippen LogP contribution in [0.15, 0.2) is 59.5 Å². The third kappa shape index (κ3) is 2.32. The predicted molar refractivity (Wildman–Crippen MR) is 90.1 cm³/mol. The van der Waals surface area contributed by atoms with Gasteiger partial charge >= 0.3 is 0 Å². The van der Waals surface area contributed by atoms with Gasteiger partial charge in [-0.2, -0.15) is 0 Å². The van der Waals surface area contributed by atoms with Crippen LogP contribution in [0.5, 0.6) is 0 Å². The van der Waals surface area contributed by atoms with E-state index in [1.54, 1.807) is 42.5 Å². The first-order chi connectivity index (χ1) is 10.6. The van der Waals surface area contributed by atoms with Crippen LogP contribution in [-0.4, -0.2) is 12.4 Å². The van der Waals surface area contributed by atoms with Crippen LogP contribution in [0.2, 0.25) is 0 Å². The van der Waals surface area contributed by atoms with E-state index >= 15 is 0 Å². The van der Waals surface area contributed by atoms with Crippen molar-refractivity contribution in [2.24, 2.45) is 0 Å². The molecule has 0 saturated heterocycles. The summed E-state index contributed by atoms with van der Waals surface area (Å²) in [5.74, 6) is 0.280. The lowest BCUT2D eigenvalue weighted by molar-refractivity contribution is 0.587. The standard InChI is InChI=1S/C16H13Cl2NO2S/c17-10-14-13-8-4-5-9-15(13)19(16(14)11-18)22(20,21)12-6-2-1-3-7-12/h1-9H,10-11H2. The van der Waals surface area contributed by atoms with Gasteiger partial charge in [-0.05, 0) is 23.8 Å². The zero-order chi connectivity index (χ0) is 15.7. The van der Waals surface area contributed by atoms with Crippen molar-refractivity contribution in [2.75, 3.05) is 0 Å². The van der Waals surface area contributed by atoms with Crippen molar-refractivity contribution in [1.82, 2.24) is 3.97 Å². The number of aromatic nitrogens is 1. The number of hydrogen-bond acceptors (Lipinski definition) is 2. The van der Waals surface area contributed by atoms with Crippen molar-refractivity contribution in [2.45, 2.75) is 16.7 Å². The Morgan fingerprint density at radius 2 is 1.50 bits per heavy atom. The topological polar surface area (TPSA) is 39.1 Å². The van der Waals surface area contributed by atoms with Crippen molar-refractivity contribution in [3.05, 3.63) is 65.9 Å². The number of nitrogens with zero attached hydrogens (tertiary/aromatic N) is 1. The lowest BCUT2D eigenvalue weighted by Gasteiger charge is -2.11. The molecule has 0 aliphatic heterocycles. The molecule has 1 aromatic heterocycles. The van der Waals surface area contributed by atoms with Gasteiger partial charge in [-0.25, -0.2) is 12.4 Å². The van der Waals surface area contributed by atoms with E-state index in [1.165, 1.54) is 3.97 Å². The van der Waals surface area contributed by atoms with Crippen LogP contribution in [-0.2, 0) is 21.8 Å². The SMILES string of the molecule is O=S(=O)(c1ccccc1)n1c(CCl)c(CCl)c2ccccc21. The average molecular weight is 354 g/mol. The maximum atomic E-state index is 13.0. The summed E-state index contributed by atoms with van der Waals surface area (Å²) in [5, 5.41) is 0.813. The number of benzene rings is 2. The van der Waals surface area contributed by atoms with Gasteiger partial charge in [0, 0.05) is 11.3 Å². The normalized spacial score (nSPS) is 11.9. The number of para-hydroxylation sites is 1. The molecule has 0 aliphatic carbocycles. The maximum absolute atomic E-state index is 13.0. The van der Waals surface area contributed by atoms with E-state index < -0.39 is 10.0 Å². The smallest absolute Gasteiger partial charge is 0.236 e. The molecule has 3 nitrogen and oxygen atoms in total. The van der Waals surface area contributed by atoms with E-state index in [4.69, 9.17) is 23.2 Å². The Hall–Kier alpha value is -1.49. The first kappa shape index (κ1) is 15.4. The summed E-state index contributed by atoms with van der Waals surface area (Å²) in [6.45, 7) is 0. The molecule has 0 atom stereocenters. The Morgan fingerprint density at radius 1 is 0.864 bits per heavy atom. The Balaban J connectivity index is 2.41. The van der Waals surface area contributed by atoms with Crippen LogP contribution in [0.1, 0.15) is 11.3 Å². The molecule has 3 aromatic rings. The highest BCUT2D eigenvalue weighted by molar-refractivity contribution is 7.90. The molecule has 0 N–H and O–H groups in total. The molecule has 1 heterocycles. The number of hydrogen-bond donors (Lipinski definition) is 0. The molecule has 0 saturated carbocycles. The van der Waals surface area contributed by atoms with Crippen molar-refractivity contribution >= 4 is 44.1 Å². The van der Waals surface area contributed by atoms with Crippen molar-refractivity contribution in [1.29, 1.82) is 0 Å². The fourth-order valence-electron chi connectivity index (χ4n) is 2.59. The Bertz CT molecular complexity index is 918. The third-order valence-electron chi connectivity index (χ3n) is 3.58. The van der Waals surface area contributed by atoms with Gasteiger partial charge in [0.05, 0.1) is 22.0 Å². The molecule has 0 spiro atoms. The second-order valence-corrected chi connectivity index (χ2v) is 7.11. The Kier molecular flexibility index (Phi) is 4.17. The zero-order valence-electron chi connectivity index (χ0n) is 11.5. The second-order valence-electron chi connectivity index (χ2n) is 4.79. The molecule has 0 aliphatic rings. The molecule has 22 heavy (non-hydrogen) atoms. The summed E-state index contributed by atoms with van der Waals surface area (Å²) in [7, 11) is -3.72. The summed E-state index contributed by atoms with van der Waals surface area (Å²) in [5.41, 5.74) is 1.87. The molecule has 3 rings (SSSR count). The van der Waals surface area contributed by atoms with Crippen LogP contribution in [0.4, 0.5) is 0 Å². The molecule has 114 valence electrons. The van der Waals surface area contributed by atoms with Gasteiger partial charge in [0.25, 0.3) is 10.0 Å². The van der Waals surface area contributed by atoms with Crippen LogP contribution in [0.25, 0.3) is 10.9 Å². The van der Waals surface area contributed by atoms with Crippen molar-refractivity contribution < 1.29 is 8.42 Å².